The van der Waals surface area contributed by atoms with E-state index in [1.807, 2.05) is 53.4 Å². The molecule has 0 spiro atoms. The van der Waals surface area contributed by atoms with E-state index < -0.39 is 0 Å². The number of carbonyl (C=O) groups is 1. The smallest absolute Gasteiger partial charge is 0.226 e. The summed E-state index contributed by atoms with van der Waals surface area (Å²) in [5.74, 6) is 2.63. The fraction of sp³-hybridized carbons (Fsp3) is 0.381. The highest BCUT2D eigenvalue weighted by Crippen LogP contribution is 2.22. The van der Waals surface area contributed by atoms with E-state index in [1.54, 1.807) is 14.2 Å². The molecule has 0 unspecified atom stereocenters. The molecular formula is C21H25NO4. The van der Waals surface area contributed by atoms with Gasteiger partial charge in [0.1, 0.15) is 23.4 Å². The molecular weight excluding hydrogens is 330 g/mol. The fourth-order valence-corrected chi connectivity index (χ4v) is 3.10. The standard InChI is InChI=1S/C21H25NO4/c1-24-17-5-3-16(4-6-17)15-21(23)22-13-11-20(12-14-22)26-19-9-7-18(25-2)8-10-19/h3-10,20H,11-15H2,1-2H3. The lowest BCUT2D eigenvalue weighted by atomic mass is 10.1. The zero-order valence-electron chi connectivity index (χ0n) is 15.3. The minimum atomic E-state index is 0.147. The number of nitrogens with zero attached hydrogens (tertiary/aromatic N) is 1. The van der Waals surface area contributed by atoms with Crippen LogP contribution in [0.5, 0.6) is 17.2 Å². The Bertz CT molecular complexity index is 704. The molecule has 138 valence electrons. The molecule has 1 amide bonds. The number of amides is 1. The lowest BCUT2D eigenvalue weighted by molar-refractivity contribution is -0.132. The van der Waals surface area contributed by atoms with Gasteiger partial charge in [0.2, 0.25) is 5.91 Å². The summed E-state index contributed by atoms with van der Waals surface area (Å²) in [6.45, 7) is 1.46. The van der Waals surface area contributed by atoms with Crippen LogP contribution in [-0.4, -0.2) is 44.2 Å². The number of methoxy groups -OCH3 is 2. The van der Waals surface area contributed by atoms with Crippen LogP contribution < -0.4 is 14.2 Å². The van der Waals surface area contributed by atoms with E-state index in [4.69, 9.17) is 14.2 Å². The van der Waals surface area contributed by atoms with Crippen molar-refractivity contribution in [1.29, 1.82) is 0 Å². The third-order valence-corrected chi connectivity index (χ3v) is 4.67. The zero-order chi connectivity index (χ0) is 18.4. The Hall–Kier alpha value is -2.69. The first kappa shape index (κ1) is 18.1. The Morgan fingerprint density at radius 3 is 1.92 bits per heavy atom. The Kier molecular flexibility index (Phi) is 6.00. The molecule has 0 aliphatic carbocycles. The summed E-state index contributed by atoms with van der Waals surface area (Å²) in [4.78, 5) is 14.4. The number of likely N-dealkylation sites (tertiary alicyclic amines) is 1. The summed E-state index contributed by atoms with van der Waals surface area (Å²) in [6.07, 6.45) is 2.27. The summed E-state index contributed by atoms with van der Waals surface area (Å²) >= 11 is 0. The van der Waals surface area contributed by atoms with Gasteiger partial charge in [-0.1, -0.05) is 12.1 Å². The zero-order valence-corrected chi connectivity index (χ0v) is 15.3. The molecule has 1 fully saturated rings. The molecule has 0 bridgehead atoms. The van der Waals surface area contributed by atoms with Crippen LogP contribution in [0, 0.1) is 0 Å². The molecule has 0 saturated carbocycles. The molecule has 1 aliphatic rings. The van der Waals surface area contributed by atoms with E-state index in [2.05, 4.69) is 0 Å². The van der Waals surface area contributed by atoms with Crippen molar-refractivity contribution in [2.24, 2.45) is 0 Å². The molecule has 26 heavy (non-hydrogen) atoms. The van der Waals surface area contributed by atoms with Crippen molar-refractivity contribution in [2.75, 3.05) is 27.3 Å². The highest BCUT2D eigenvalue weighted by molar-refractivity contribution is 5.78. The summed E-state index contributed by atoms with van der Waals surface area (Å²) in [7, 11) is 3.28. The first-order valence-electron chi connectivity index (χ1n) is 8.89. The molecule has 0 N–H and O–H groups in total. The van der Waals surface area contributed by atoms with Crippen LogP contribution in [0.2, 0.25) is 0 Å². The van der Waals surface area contributed by atoms with Crippen LogP contribution in [0.3, 0.4) is 0 Å². The Labute approximate surface area is 154 Å². The van der Waals surface area contributed by atoms with Gasteiger partial charge in [0.05, 0.1) is 20.6 Å². The van der Waals surface area contributed by atoms with Crippen LogP contribution >= 0.6 is 0 Å². The number of rotatable bonds is 6. The number of hydrogen-bond donors (Lipinski definition) is 0. The molecule has 0 aromatic heterocycles. The largest absolute Gasteiger partial charge is 0.497 e. The van der Waals surface area contributed by atoms with Gasteiger partial charge < -0.3 is 19.1 Å². The molecule has 2 aromatic rings. The number of ether oxygens (including phenoxy) is 3. The molecule has 1 saturated heterocycles. The average molecular weight is 355 g/mol. The Morgan fingerprint density at radius 2 is 1.38 bits per heavy atom. The van der Waals surface area contributed by atoms with Crippen molar-refractivity contribution >= 4 is 5.91 Å². The maximum atomic E-state index is 12.5. The van der Waals surface area contributed by atoms with Crippen LogP contribution in [-0.2, 0) is 11.2 Å². The molecule has 0 radical (unpaired) electrons. The second kappa shape index (κ2) is 8.61. The van der Waals surface area contributed by atoms with Crippen LogP contribution in [0.25, 0.3) is 0 Å². The van der Waals surface area contributed by atoms with Crippen molar-refractivity contribution < 1.29 is 19.0 Å². The van der Waals surface area contributed by atoms with Crippen molar-refractivity contribution in [3.8, 4) is 17.2 Å². The highest BCUT2D eigenvalue weighted by atomic mass is 16.5. The first-order chi connectivity index (χ1) is 12.7. The third-order valence-electron chi connectivity index (χ3n) is 4.67. The molecule has 5 nitrogen and oxygen atoms in total. The van der Waals surface area contributed by atoms with Crippen molar-refractivity contribution in [3.63, 3.8) is 0 Å². The predicted octanol–water partition coefficient (Wildman–Crippen LogP) is 3.32. The van der Waals surface area contributed by atoms with Crippen LogP contribution in [0.4, 0.5) is 0 Å². The van der Waals surface area contributed by atoms with Crippen molar-refractivity contribution in [1.82, 2.24) is 4.90 Å². The maximum Gasteiger partial charge on any atom is 0.226 e. The van der Waals surface area contributed by atoms with Crippen LogP contribution in [0.15, 0.2) is 48.5 Å². The Balaban J connectivity index is 1.46. The van der Waals surface area contributed by atoms with Gasteiger partial charge in [-0.05, 0) is 42.0 Å². The van der Waals surface area contributed by atoms with E-state index >= 15 is 0 Å². The van der Waals surface area contributed by atoms with Gasteiger partial charge in [-0.3, -0.25) is 4.79 Å². The molecule has 3 rings (SSSR count). The highest BCUT2D eigenvalue weighted by Gasteiger charge is 2.24. The van der Waals surface area contributed by atoms with E-state index in [-0.39, 0.29) is 12.0 Å². The van der Waals surface area contributed by atoms with Crippen molar-refractivity contribution in [3.05, 3.63) is 54.1 Å². The second-order valence-corrected chi connectivity index (χ2v) is 6.40. The van der Waals surface area contributed by atoms with Gasteiger partial charge >= 0.3 is 0 Å². The fourth-order valence-electron chi connectivity index (χ4n) is 3.10. The van der Waals surface area contributed by atoms with E-state index in [1.165, 1.54) is 0 Å². The number of hydrogen-bond acceptors (Lipinski definition) is 4. The molecule has 5 heteroatoms. The minimum absolute atomic E-state index is 0.147. The summed E-state index contributed by atoms with van der Waals surface area (Å²) in [5.41, 5.74) is 1.01. The van der Waals surface area contributed by atoms with E-state index in [0.717, 1.165) is 48.7 Å². The van der Waals surface area contributed by atoms with Crippen LogP contribution in [0.1, 0.15) is 18.4 Å². The lowest BCUT2D eigenvalue weighted by Crippen LogP contribution is -2.42. The Morgan fingerprint density at radius 1 is 0.885 bits per heavy atom. The molecule has 2 aromatic carbocycles. The van der Waals surface area contributed by atoms with Gasteiger partial charge in [0.15, 0.2) is 0 Å². The van der Waals surface area contributed by atoms with Gasteiger partial charge in [0, 0.05) is 25.9 Å². The van der Waals surface area contributed by atoms with E-state index in [0.29, 0.717) is 6.42 Å². The van der Waals surface area contributed by atoms with E-state index in [9.17, 15) is 4.79 Å². The lowest BCUT2D eigenvalue weighted by Gasteiger charge is -2.32. The van der Waals surface area contributed by atoms with Gasteiger partial charge in [-0.15, -0.1) is 0 Å². The average Bonchev–Trinajstić information content (AvgIpc) is 2.69. The summed E-state index contributed by atoms with van der Waals surface area (Å²) in [6, 6.07) is 15.3. The second-order valence-electron chi connectivity index (χ2n) is 6.40. The SMILES string of the molecule is COc1ccc(CC(=O)N2CCC(Oc3ccc(OC)cc3)CC2)cc1. The number of carbonyl (C=O) groups excluding carboxylic acids is 1. The first-order valence-corrected chi connectivity index (χ1v) is 8.89. The summed E-state index contributed by atoms with van der Waals surface area (Å²) < 4.78 is 16.3. The predicted molar refractivity (Wildman–Crippen MR) is 99.9 cm³/mol. The number of benzene rings is 2. The summed E-state index contributed by atoms with van der Waals surface area (Å²) in [5, 5.41) is 0. The van der Waals surface area contributed by atoms with Crippen molar-refractivity contribution in [2.45, 2.75) is 25.4 Å². The van der Waals surface area contributed by atoms with Gasteiger partial charge in [0.25, 0.3) is 0 Å². The number of piperidine rings is 1. The monoisotopic (exact) mass is 355 g/mol. The molecule has 1 aliphatic heterocycles. The normalized spacial score (nSPS) is 14.8. The van der Waals surface area contributed by atoms with Gasteiger partial charge in [-0.25, -0.2) is 0 Å². The third kappa shape index (κ3) is 4.69. The van der Waals surface area contributed by atoms with Gasteiger partial charge in [-0.2, -0.15) is 0 Å². The maximum absolute atomic E-state index is 12.5. The molecule has 1 heterocycles. The minimum Gasteiger partial charge on any atom is -0.497 e. The topological polar surface area (TPSA) is 48.0 Å². The quantitative estimate of drug-likeness (QED) is 0.798. The molecule has 0 atom stereocenters.